The smallest absolute Gasteiger partial charge is 0.346 e. The van der Waals surface area contributed by atoms with E-state index in [4.69, 9.17) is 4.74 Å². The maximum atomic E-state index is 12.5. The molecule has 28 heavy (non-hydrogen) atoms. The minimum atomic E-state index is -0.212. The lowest BCUT2D eigenvalue weighted by atomic mass is 10.1. The van der Waals surface area contributed by atoms with Crippen molar-refractivity contribution < 1.29 is 9.53 Å². The quantitative estimate of drug-likeness (QED) is 0.772. The molecule has 1 aromatic carbocycles. The van der Waals surface area contributed by atoms with Gasteiger partial charge >= 0.3 is 5.69 Å². The molecule has 8 nitrogen and oxygen atoms in total. The van der Waals surface area contributed by atoms with Crippen molar-refractivity contribution in [1.82, 2.24) is 24.6 Å². The van der Waals surface area contributed by atoms with Gasteiger partial charge in [-0.15, -0.1) is 0 Å². The van der Waals surface area contributed by atoms with E-state index in [1.165, 1.54) is 4.68 Å². The standard InChI is InChI=1S/C20H29N5O3/c1-23(2)17(15-8-10-16(28-3)11-9-15)13-21-19(26)14-25-20(27)24-12-6-4-5-7-18(24)22-25/h8-11,17H,4-7,12-14H2,1-3H3,(H,21,26). The topological polar surface area (TPSA) is 81.4 Å². The molecule has 1 aliphatic heterocycles. The van der Waals surface area contributed by atoms with Crippen LogP contribution in [0.25, 0.3) is 0 Å². The molecule has 1 unspecified atom stereocenters. The van der Waals surface area contributed by atoms with Gasteiger partial charge in [-0.1, -0.05) is 18.6 Å². The molecular weight excluding hydrogens is 358 g/mol. The number of hydrogen-bond donors (Lipinski definition) is 1. The Morgan fingerprint density at radius 3 is 2.68 bits per heavy atom. The molecule has 0 saturated carbocycles. The largest absolute Gasteiger partial charge is 0.497 e. The first-order valence-electron chi connectivity index (χ1n) is 9.73. The maximum absolute atomic E-state index is 12.5. The first kappa shape index (κ1) is 20.1. The highest BCUT2D eigenvalue weighted by molar-refractivity contribution is 5.75. The molecule has 2 aromatic rings. The van der Waals surface area contributed by atoms with Crippen molar-refractivity contribution in [3.05, 3.63) is 46.1 Å². The van der Waals surface area contributed by atoms with Crippen molar-refractivity contribution in [3.63, 3.8) is 0 Å². The number of likely N-dealkylation sites (N-methyl/N-ethyl adjacent to an activating group) is 1. The van der Waals surface area contributed by atoms with Crippen LogP contribution in [0.1, 0.15) is 36.7 Å². The van der Waals surface area contributed by atoms with E-state index < -0.39 is 0 Å². The Morgan fingerprint density at radius 2 is 2.00 bits per heavy atom. The van der Waals surface area contributed by atoms with E-state index in [2.05, 4.69) is 10.4 Å². The lowest BCUT2D eigenvalue weighted by Crippen LogP contribution is -2.38. The predicted molar refractivity (Wildman–Crippen MR) is 106 cm³/mol. The summed E-state index contributed by atoms with van der Waals surface area (Å²) in [6.07, 6.45) is 3.93. The molecule has 1 atom stereocenters. The number of methoxy groups -OCH3 is 1. The molecule has 0 saturated heterocycles. The van der Waals surface area contributed by atoms with Gasteiger partial charge in [0.15, 0.2) is 0 Å². The van der Waals surface area contributed by atoms with E-state index in [1.807, 2.05) is 43.3 Å². The minimum Gasteiger partial charge on any atom is -0.497 e. The SMILES string of the molecule is COc1ccc(C(CNC(=O)Cn2nc3n(c2=O)CCCCC3)N(C)C)cc1. The van der Waals surface area contributed by atoms with Gasteiger partial charge in [-0.05, 0) is 44.6 Å². The van der Waals surface area contributed by atoms with Crippen LogP contribution in [0.2, 0.25) is 0 Å². The van der Waals surface area contributed by atoms with Crippen LogP contribution in [0.3, 0.4) is 0 Å². The summed E-state index contributed by atoms with van der Waals surface area (Å²) in [6.45, 7) is 1.08. The van der Waals surface area contributed by atoms with Crippen molar-refractivity contribution in [2.24, 2.45) is 0 Å². The summed E-state index contributed by atoms with van der Waals surface area (Å²) in [4.78, 5) is 27.0. The number of amides is 1. The number of fused-ring (bicyclic) bond motifs is 1. The predicted octanol–water partition coefficient (Wildman–Crippen LogP) is 1.20. The van der Waals surface area contributed by atoms with Crippen molar-refractivity contribution >= 4 is 5.91 Å². The molecule has 0 aliphatic carbocycles. The zero-order valence-electron chi connectivity index (χ0n) is 16.9. The Labute approximate surface area is 165 Å². The van der Waals surface area contributed by atoms with Crippen molar-refractivity contribution in [1.29, 1.82) is 0 Å². The Bertz CT molecular complexity index is 854. The summed E-state index contributed by atoms with van der Waals surface area (Å²) in [5, 5.41) is 7.31. The molecule has 8 heteroatoms. The van der Waals surface area contributed by atoms with Crippen molar-refractivity contribution in [2.75, 3.05) is 27.7 Å². The van der Waals surface area contributed by atoms with Gasteiger partial charge in [0.25, 0.3) is 0 Å². The van der Waals surface area contributed by atoms with Gasteiger partial charge in [-0.25, -0.2) is 9.48 Å². The first-order chi connectivity index (χ1) is 13.5. The second kappa shape index (κ2) is 9.05. The number of rotatable bonds is 7. The average Bonchev–Trinajstić information content (AvgIpc) is 2.85. The molecule has 0 bridgehead atoms. The van der Waals surface area contributed by atoms with Gasteiger partial charge in [0, 0.05) is 19.5 Å². The second-order valence-corrected chi connectivity index (χ2v) is 7.38. The van der Waals surface area contributed by atoms with Crippen molar-refractivity contribution in [2.45, 2.75) is 44.8 Å². The molecule has 152 valence electrons. The summed E-state index contributed by atoms with van der Waals surface area (Å²) < 4.78 is 8.20. The third-order valence-corrected chi connectivity index (χ3v) is 5.19. The van der Waals surface area contributed by atoms with E-state index in [0.717, 1.165) is 42.8 Å². The summed E-state index contributed by atoms with van der Waals surface area (Å²) in [6, 6.07) is 7.82. The Morgan fingerprint density at radius 1 is 1.25 bits per heavy atom. The van der Waals surface area contributed by atoms with Crippen LogP contribution in [0.15, 0.2) is 29.1 Å². The van der Waals surface area contributed by atoms with Gasteiger partial charge in [0.1, 0.15) is 18.1 Å². The van der Waals surface area contributed by atoms with E-state index in [0.29, 0.717) is 13.1 Å². The summed E-state index contributed by atoms with van der Waals surface area (Å²) in [5.41, 5.74) is 0.892. The first-order valence-corrected chi connectivity index (χ1v) is 9.73. The highest BCUT2D eigenvalue weighted by atomic mass is 16.5. The normalized spacial score (nSPS) is 15.0. The van der Waals surface area contributed by atoms with E-state index in [1.54, 1.807) is 11.7 Å². The zero-order valence-corrected chi connectivity index (χ0v) is 16.9. The number of carbonyl (C=O) groups excluding carboxylic acids is 1. The third kappa shape index (κ3) is 4.62. The van der Waals surface area contributed by atoms with E-state index in [9.17, 15) is 9.59 Å². The molecule has 0 fully saturated rings. The Hall–Kier alpha value is -2.61. The third-order valence-electron chi connectivity index (χ3n) is 5.19. The van der Waals surface area contributed by atoms with Gasteiger partial charge in [-0.3, -0.25) is 9.36 Å². The zero-order chi connectivity index (χ0) is 20.1. The fraction of sp³-hybridized carbons (Fsp3) is 0.550. The molecule has 0 radical (unpaired) electrons. The molecule has 1 aliphatic rings. The van der Waals surface area contributed by atoms with Gasteiger partial charge in [0.05, 0.1) is 13.2 Å². The van der Waals surface area contributed by atoms with Gasteiger partial charge in [0.2, 0.25) is 5.91 Å². The monoisotopic (exact) mass is 387 g/mol. The summed E-state index contributed by atoms with van der Waals surface area (Å²) >= 11 is 0. The number of hydrogen-bond acceptors (Lipinski definition) is 5. The number of nitrogens with one attached hydrogen (secondary N) is 1. The van der Waals surface area contributed by atoms with Crippen LogP contribution in [-0.2, 0) is 24.3 Å². The van der Waals surface area contributed by atoms with E-state index >= 15 is 0 Å². The molecule has 1 N–H and O–H groups in total. The lowest BCUT2D eigenvalue weighted by molar-refractivity contribution is -0.122. The maximum Gasteiger partial charge on any atom is 0.346 e. The average molecular weight is 387 g/mol. The van der Waals surface area contributed by atoms with Crippen molar-refractivity contribution in [3.8, 4) is 5.75 Å². The fourth-order valence-corrected chi connectivity index (χ4v) is 3.56. The molecule has 2 heterocycles. The van der Waals surface area contributed by atoms with E-state index in [-0.39, 0.29) is 24.2 Å². The Kier molecular flexibility index (Phi) is 6.51. The number of benzene rings is 1. The summed E-state index contributed by atoms with van der Waals surface area (Å²) in [7, 11) is 5.58. The number of aromatic nitrogens is 3. The van der Waals surface area contributed by atoms with Crippen LogP contribution >= 0.6 is 0 Å². The molecule has 1 aromatic heterocycles. The van der Waals surface area contributed by atoms with Crippen LogP contribution in [0.4, 0.5) is 0 Å². The number of nitrogens with zero attached hydrogens (tertiary/aromatic N) is 4. The van der Waals surface area contributed by atoms with Crippen LogP contribution < -0.4 is 15.7 Å². The Balaban J connectivity index is 1.63. The number of carbonyl (C=O) groups is 1. The molecule has 3 rings (SSSR count). The van der Waals surface area contributed by atoms with Crippen LogP contribution in [0, 0.1) is 0 Å². The molecule has 0 spiro atoms. The highest BCUT2D eigenvalue weighted by Crippen LogP contribution is 2.20. The second-order valence-electron chi connectivity index (χ2n) is 7.38. The van der Waals surface area contributed by atoms with Gasteiger partial charge < -0.3 is 15.0 Å². The van der Waals surface area contributed by atoms with Crippen LogP contribution in [0.5, 0.6) is 5.75 Å². The number of aryl methyl sites for hydroxylation is 1. The lowest BCUT2D eigenvalue weighted by Gasteiger charge is -2.25. The van der Waals surface area contributed by atoms with Crippen LogP contribution in [-0.4, -0.2) is 52.9 Å². The summed E-state index contributed by atoms with van der Waals surface area (Å²) in [5.74, 6) is 1.37. The molecule has 1 amide bonds. The van der Waals surface area contributed by atoms with Gasteiger partial charge in [-0.2, -0.15) is 5.10 Å². The highest BCUT2D eigenvalue weighted by Gasteiger charge is 2.19. The minimum absolute atomic E-state index is 0.0188. The number of ether oxygens (including phenoxy) is 1. The molecular formula is C20H29N5O3. The fourth-order valence-electron chi connectivity index (χ4n) is 3.56.